The van der Waals surface area contributed by atoms with Gasteiger partial charge in [0.05, 0.1) is 33.8 Å². The van der Waals surface area contributed by atoms with Gasteiger partial charge in [-0.05, 0) is 83.1 Å². The highest BCUT2D eigenvalue weighted by atomic mass is 31.2. The second-order valence-electron chi connectivity index (χ2n) is 24.7. The van der Waals surface area contributed by atoms with Crippen LogP contribution in [-0.2, 0) is 27.9 Å². The molecule has 466 valence electrons. The topological polar surface area (TPSA) is 114 Å². The maximum atomic E-state index is 13.6. The minimum Gasteiger partial charge on any atom is -0.756 e. The normalized spacial score (nSPS) is 13.8. The number of nitrogens with one attached hydrogen (secondary N) is 1. The lowest BCUT2D eigenvalue weighted by Crippen LogP contribution is -2.47. The average Bonchev–Trinajstić information content (AvgIpc) is 3.41. The minimum absolute atomic E-state index is 0.0205. The van der Waals surface area contributed by atoms with Crippen molar-refractivity contribution in [1.29, 1.82) is 0 Å². The molecule has 10 heteroatoms. The Morgan fingerprint density at radius 3 is 1.09 bits per heavy atom. The van der Waals surface area contributed by atoms with Gasteiger partial charge in [-0.1, -0.05) is 282 Å². The zero-order valence-corrected chi connectivity index (χ0v) is 54.2. The highest BCUT2D eigenvalue weighted by Crippen LogP contribution is 2.38. The zero-order chi connectivity index (χ0) is 57.9. The van der Waals surface area contributed by atoms with E-state index in [1.807, 2.05) is 33.3 Å². The van der Waals surface area contributed by atoms with Gasteiger partial charge in [-0.3, -0.25) is 14.2 Å². The van der Waals surface area contributed by atoms with Crippen LogP contribution in [0.1, 0.15) is 342 Å². The maximum absolute atomic E-state index is 13.6. The van der Waals surface area contributed by atoms with E-state index in [1.54, 1.807) is 0 Å². The van der Waals surface area contributed by atoms with Gasteiger partial charge < -0.3 is 28.5 Å². The van der Waals surface area contributed by atoms with Gasteiger partial charge in [-0.15, -0.1) is 0 Å². The third kappa shape index (κ3) is 60.6. The largest absolute Gasteiger partial charge is 0.756 e. The fraction of sp³-hybridized carbons (Fsp3) is 0.884. The van der Waals surface area contributed by atoms with Crippen molar-refractivity contribution in [3.05, 3.63) is 36.5 Å². The molecule has 0 aliphatic heterocycles. The number of hydrogen-bond acceptors (Lipinski definition) is 7. The Morgan fingerprint density at radius 1 is 0.430 bits per heavy atom. The molecule has 1 amide bonds. The van der Waals surface area contributed by atoms with Gasteiger partial charge in [0.1, 0.15) is 19.3 Å². The van der Waals surface area contributed by atoms with Crippen molar-refractivity contribution in [2.45, 2.75) is 354 Å². The number of likely N-dealkylation sites (N-methyl/N-ethyl adjacent to an activating group) is 1. The van der Waals surface area contributed by atoms with Crippen molar-refractivity contribution in [3.8, 4) is 0 Å². The summed E-state index contributed by atoms with van der Waals surface area (Å²) in [6.45, 7) is 6.87. The molecule has 0 aliphatic carbocycles. The molecule has 0 spiro atoms. The Labute approximate surface area is 491 Å². The Morgan fingerprint density at radius 2 is 0.734 bits per heavy atom. The molecule has 0 bridgehead atoms. The molecule has 0 aromatic rings. The van der Waals surface area contributed by atoms with Gasteiger partial charge >= 0.3 is 5.97 Å². The van der Waals surface area contributed by atoms with E-state index in [0.29, 0.717) is 17.4 Å². The van der Waals surface area contributed by atoms with Crippen LogP contribution < -0.4 is 10.2 Å². The summed E-state index contributed by atoms with van der Waals surface area (Å²) in [7, 11) is 1.20. The van der Waals surface area contributed by atoms with Gasteiger partial charge in [-0.2, -0.15) is 0 Å². The van der Waals surface area contributed by atoms with E-state index in [-0.39, 0.29) is 31.5 Å². The number of esters is 1. The smallest absolute Gasteiger partial charge is 0.306 e. The van der Waals surface area contributed by atoms with Crippen LogP contribution in [-0.4, -0.2) is 69.4 Å². The number of hydrogen-bond donors (Lipinski definition) is 1. The first kappa shape index (κ1) is 77.2. The molecular formula is C69H133N2O7P. The number of allylic oxidation sites excluding steroid dienone is 5. The number of carbonyl (C=O) groups is 2. The maximum Gasteiger partial charge on any atom is 0.306 e. The van der Waals surface area contributed by atoms with Gasteiger partial charge in [0.25, 0.3) is 7.82 Å². The molecular weight excluding hydrogens is 1000 g/mol. The quantitative estimate of drug-likeness (QED) is 0.0212. The van der Waals surface area contributed by atoms with Gasteiger partial charge in [-0.25, -0.2) is 0 Å². The molecule has 0 aliphatic rings. The van der Waals surface area contributed by atoms with Crippen molar-refractivity contribution in [3.63, 3.8) is 0 Å². The van der Waals surface area contributed by atoms with E-state index in [9.17, 15) is 19.0 Å². The number of rotatable bonds is 63. The van der Waals surface area contributed by atoms with Crippen molar-refractivity contribution < 1.29 is 37.3 Å². The number of nitrogens with zero attached hydrogens (tertiary/aromatic N) is 1. The van der Waals surface area contributed by atoms with Crippen molar-refractivity contribution in [1.82, 2.24) is 5.32 Å². The van der Waals surface area contributed by atoms with E-state index in [1.165, 1.54) is 238 Å². The highest BCUT2D eigenvalue weighted by Gasteiger charge is 2.27. The first-order valence-electron chi connectivity index (χ1n) is 34.3. The highest BCUT2D eigenvalue weighted by molar-refractivity contribution is 7.45. The summed E-state index contributed by atoms with van der Waals surface area (Å²) in [5.74, 6) is -0.530. The van der Waals surface area contributed by atoms with Crippen LogP contribution in [0.25, 0.3) is 0 Å². The molecule has 1 N–H and O–H groups in total. The summed E-state index contributed by atoms with van der Waals surface area (Å²) in [5.41, 5.74) is 0. The van der Waals surface area contributed by atoms with Crippen LogP contribution in [0, 0.1) is 0 Å². The summed E-state index contributed by atoms with van der Waals surface area (Å²) >= 11 is 0. The number of unbranched alkanes of at least 4 members (excludes halogenated alkanes) is 43. The summed E-state index contributed by atoms with van der Waals surface area (Å²) in [6.07, 6.45) is 72.6. The molecule has 0 heterocycles. The van der Waals surface area contributed by atoms with Crippen molar-refractivity contribution in [2.75, 3.05) is 40.9 Å². The minimum atomic E-state index is -4.70. The van der Waals surface area contributed by atoms with Crippen LogP contribution in [0.4, 0.5) is 0 Å². The van der Waals surface area contributed by atoms with Gasteiger partial charge in [0, 0.05) is 12.8 Å². The zero-order valence-electron chi connectivity index (χ0n) is 53.3. The molecule has 0 rings (SSSR count). The van der Waals surface area contributed by atoms with Crippen LogP contribution in [0.15, 0.2) is 36.5 Å². The molecule has 0 radical (unpaired) electrons. The van der Waals surface area contributed by atoms with Crippen LogP contribution in [0.3, 0.4) is 0 Å². The molecule has 3 unspecified atom stereocenters. The van der Waals surface area contributed by atoms with Crippen molar-refractivity contribution in [2.24, 2.45) is 0 Å². The van der Waals surface area contributed by atoms with Crippen LogP contribution in [0.5, 0.6) is 0 Å². The number of phosphoric ester groups is 1. The summed E-state index contributed by atoms with van der Waals surface area (Å²) in [4.78, 5) is 40.1. The molecule has 79 heavy (non-hydrogen) atoms. The molecule has 3 atom stereocenters. The number of amides is 1. The number of carbonyl (C=O) groups excluding carboxylic acids is 2. The predicted octanol–water partition coefficient (Wildman–Crippen LogP) is 20.8. The van der Waals surface area contributed by atoms with Crippen molar-refractivity contribution >= 4 is 19.7 Å². The lowest BCUT2D eigenvalue weighted by Gasteiger charge is -2.30. The van der Waals surface area contributed by atoms with E-state index >= 15 is 0 Å². The van der Waals surface area contributed by atoms with Gasteiger partial charge in [0.15, 0.2) is 0 Å². The number of quaternary nitrogens is 1. The SMILES string of the molecule is CCCCCC/C=C\CCCCCCCCCC(=O)OC(/C=C\CCCCCCCCCCCCC)C(COP(=O)([O-])OCC[N+](C)(C)C)NC(=O)CCCCCCCCCCCCCCCCC/C=C/CCCCCCCC. The molecule has 0 saturated heterocycles. The third-order valence-corrected chi connectivity index (χ3v) is 16.5. The van der Waals surface area contributed by atoms with E-state index in [4.69, 9.17) is 13.8 Å². The second kappa shape index (κ2) is 59.4. The van der Waals surface area contributed by atoms with Crippen LogP contribution >= 0.6 is 7.82 Å². The Balaban J connectivity index is 5.07. The average molecular weight is 1130 g/mol. The molecule has 0 fully saturated rings. The third-order valence-electron chi connectivity index (χ3n) is 15.5. The molecule has 0 aromatic carbocycles. The Bertz CT molecular complexity index is 1450. The number of ether oxygens (including phenoxy) is 1. The molecule has 9 nitrogen and oxygen atoms in total. The number of phosphoric acid groups is 1. The molecule has 0 aromatic heterocycles. The summed E-state index contributed by atoms with van der Waals surface area (Å²) in [5, 5.41) is 3.04. The van der Waals surface area contributed by atoms with E-state index < -0.39 is 20.0 Å². The lowest BCUT2D eigenvalue weighted by molar-refractivity contribution is -0.870. The lowest BCUT2D eigenvalue weighted by atomic mass is 10.0. The second-order valence-corrected chi connectivity index (χ2v) is 26.1. The Hall–Kier alpha value is -1.77. The first-order valence-corrected chi connectivity index (χ1v) is 35.8. The predicted molar refractivity (Wildman–Crippen MR) is 340 cm³/mol. The van der Waals surface area contributed by atoms with Crippen LogP contribution in [0.2, 0.25) is 0 Å². The fourth-order valence-electron chi connectivity index (χ4n) is 10.2. The van der Waals surface area contributed by atoms with Gasteiger partial charge in [0.2, 0.25) is 5.91 Å². The standard InChI is InChI=1S/C69H133N2O7P/c1-7-10-13-16-19-22-25-28-30-31-32-33-34-35-36-37-38-39-41-43-46-49-52-55-58-61-68(72)70-66(65-77-79(74,75)76-64-63-71(4,5)6)67(60-57-54-51-48-45-42-27-24-21-18-15-12-9-3)78-69(73)62-59-56-53-50-47-44-40-29-26-23-20-17-14-11-8-2/h23,26,28,30,57,60,66-67H,7-22,24-25,27,29,31-56,58-59,61-65H2,1-6H3,(H-,70,72,74,75)/b26-23-,30-28+,60-57-. The summed E-state index contributed by atoms with van der Waals surface area (Å²) in [6, 6.07) is -0.887. The van der Waals surface area contributed by atoms with E-state index in [0.717, 1.165) is 70.6 Å². The van der Waals surface area contributed by atoms with E-state index in [2.05, 4.69) is 50.4 Å². The fourth-order valence-corrected chi connectivity index (χ4v) is 10.9. The first-order chi connectivity index (χ1) is 38.4. The Kier molecular flexibility index (Phi) is 58.1. The molecule has 0 saturated carbocycles. The summed E-state index contributed by atoms with van der Waals surface area (Å²) < 4.78 is 30.4. The monoisotopic (exact) mass is 1130 g/mol.